The normalized spacial score (nSPS) is 17.4. The molecule has 5 rings (SSSR count). The molecule has 0 saturated carbocycles. The number of rotatable bonds is 4. The molecule has 1 N–H and O–H groups in total. The fraction of sp³-hybridized carbons (Fsp3) is 0.179. The Morgan fingerprint density at radius 3 is 2.46 bits per heavy atom. The number of benzene rings is 3. The van der Waals surface area contributed by atoms with Gasteiger partial charge in [0, 0.05) is 5.56 Å². The van der Waals surface area contributed by atoms with Crippen molar-refractivity contribution >= 4 is 44.1 Å². The molecule has 0 aliphatic carbocycles. The quantitative estimate of drug-likeness (QED) is 0.223. The third-order valence-corrected chi connectivity index (χ3v) is 7.21. The molecule has 3 aromatic carbocycles. The van der Waals surface area contributed by atoms with Crippen LogP contribution in [0.2, 0.25) is 0 Å². The van der Waals surface area contributed by atoms with E-state index in [2.05, 4.69) is 0 Å². The summed E-state index contributed by atoms with van der Waals surface area (Å²) in [4.78, 5) is 33.0. The number of aliphatic hydroxyl groups is 1. The van der Waals surface area contributed by atoms with E-state index >= 15 is 0 Å². The number of aromatic nitrogens is 1. The number of hydrogen-bond donors (Lipinski definition) is 1. The van der Waals surface area contributed by atoms with Gasteiger partial charge >= 0.3 is 5.91 Å². The second-order valence-electron chi connectivity index (χ2n) is 8.74. The van der Waals surface area contributed by atoms with Crippen molar-refractivity contribution in [1.29, 1.82) is 0 Å². The van der Waals surface area contributed by atoms with Crippen molar-refractivity contribution < 1.29 is 19.4 Å². The molecule has 2 heterocycles. The van der Waals surface area contributed by atoms with Gasteiger partial charge in [-0.25, -0.2) is 4.98 Å². The van der Waals surface area contributed by atoms with Crippen LogP contribution in [0.25, 0.3) is 16.0 Å². The van der Waals surface area contributed by atoms with Crippen LogP contribution >= 0.6 is 11.3 Å². The van der Waals surface area contributed by atoms with Crippen LogP contribution in [0.1, 0.15) is 33.9 Å². The number of aryl methyl sites for hydroxylation is 3. The van der Waals surface area contributed by atoms with Crippen LogP contribution in [0.15, 0.2) is 66.2 Å². The number of carbonyl (C=O) groups excluding carboxylic acids is 2. The van der Waals surface area contributed by atoms with Crippen molar-refractivity contribution in [1.82, 2.24) is 4.98 Å². The SMILES string of the molecule is COc1cccc(/C(O)=C2\C(=O)C(=O)N(c3nc4c(C)cc(C)cc4s3)C2c2ccc(C)cc2)c1. The van der Waals surface area contributed by atoms with Gasteiger partial charge in [-0.2, -0.15) is 0 Å². The summed E-state index contributed by atoms with van der Waals surface area (Å²) in [7, 11) is 1.53. The Bertz CT molecular complexity index is 1520. The van der Waals surface area contributed by atoms with Gasteiger partial charge in [0.1, 0.15) is 11.5 Å². The molecule has 0 bridgehead atoms. The van der Waals surface area contributed by atoms with Gasteiger partial charge in [-0.3, -0.25) is 14.5 Å². The number of nitrogens with zero attached hydrogens (tertiary/aromatic N) is 2. The van der Waals surface area contributed by atoms with Crippen LogP contribution in [-0.4, -0.2) is 28.9 Å². The molecule has 6 nitrogen and oxygen atoms in total. The van der Waals surface area contributed by atoms with Crippen LogP contribution in [0, 0.1) is 20.8 Å². The summed E-state index contributed by atoms with van der Waals surface area (Å²) in [6, 6.07) is 17.6. The average molecular weight is 485 g/mol. The standard InChI is InChI=1S/C28H24N2O4S/c1-15-8-10-18(11-9-15)24-22(25(31)19-6-5-7-20(14-19)34-4)26(32)27(33)30(24)28-29-23-17(3)12-16(2)13-21(23)35-28/h5-14,24,31H,1-4H3/b25-22+. The summed E-state index contributed by atoms with van der Waals surface area (Å²) in [6.45, 7) is 5.96. The Morgan fingerprint density at radius 1 is 1.00 bits per heavy atom. The van der Waals surface area contributed by atoms with Gasteiger partial charge < -0.3 is 9.84 Å². The number of aliphatic hydroxyl groups excluding tert-OH is 1. The van der Waals surface area contributed by atoms with Gasteiger partial charge in [0.05, 0.1) is 28.9 Å². The summed E-state index contributed by atoms with van der Waals surface area (Å²) in [5.74, 6) is -1.17. The predicted octanol–water partition coefficient (Wildman–Crippen LogP) is 5.86. The molecule has 176 valence electrons. The Hall–Kier alpha value is -3.97. The molecule has 1 amide bonds. The van der Waals surface area contributed by atoms with Crippen molar-refractivity contribution in [2.24, 2.45) is 0 Å². The number of fused-ring (bicyclic) bond motifs is 1. The second-order valence-corrected chi connectivity index (χ2v) is 9.75. The highest BCUT2D eigenvalue weighted by molar-refractivity contribution is 7.22. The number of ether oxygens (including phenoxy) is 1. The van der Waals surface area contributed by atoms with Crippen molar-refractivity contribution in [3.63, 3.8) is 0 Å². The molecule has 1 aromatic heterocycles. The number of anilines is 1. The zero-order valence-electron chi connectivity index (χ0n) is 19.8. The highest BCUT2D eigenvalue weighted by Crippen LogP contribution is 2.44. The number of Topliss-reactive ketones (excluding diaryl/α,β-unsaturated/α-hetero) is 1. The van der Waals surface area contributed by atoms with Gasteiger partial charge in [0.25, 0.3) is 5.78 Å². The summed E-state index contributed by atoms with van der Waals surface area (Å²) in [5.41, 5.74) is 5.08. The van der Waals surface area contributed by atoms with Gasteiger partial charge in [-0.1, -0.05) is 59.4 Å². The van der Waals surface area contributed by atoms with Crippen molar-refractivity contribution in [2.45, 2.75) is 26.8 Å². The number of thiazole rings is 1. The number of methoxy groups -OCH3 is 1. The van der Waals surface area contributed by atoms with Crippen molar-refractivity contribution in [3.05, 3.63) is 94.1 Å². The van der Waals surface area contributed by atoms with E-state index < -0.39 is 17.7 Å². The molecule has 1 atom stereocenters. The van der Waals surface area contributed by atoms with E-state index in [0.29, 0.717) is 22.0 Å². The van der Waals surface area contributed by atoms with Gasteiger partial charge in [0.15, 0.2) is 5.13 Å². The monoisotopic (exact) mass is 484 g/mol. The predicted molar refractivity (Wildman–Crippen MR) is 138 cm³/mol. The molecule has 1 saturated heterocycles. The topological polar surface area (TPSA) is 79.7 Å². The van der Waals surface area contributed by atoms with Gasteiger partial charge in [-0.15, -0.1) is 0 Å². The first-order valence-electron chi connectivity index (χ1n) is 11.2. The van der Waals surface area contributed by atoms with E-state index in [-0.39, 0.29) is 11.3 Å². The summed E-state index contributed by atoms with van der Waals surface area (Å²) in [6.07, 6.45) is 0. The fourth-order valence-corrected chi connectivity index (χ4v) is 5.65. The number of hydrogen-bond acceptors (Lipinski definition) is 6. The summed E-state index contributed by atoms with van der Waals surface area (Å²) >= 11 is 1.36. The molecule has 7 heteroatoms. The highest BCUT2D eigenvalue weighted by atomic mass is 32.1. The first-order valence-corrected chi connectivity index (χ1v) is 12.0. The van der Waals surface area contributed by atoms with Gasteiger partial charge in [-0.05, 0) is 55.7 Å². The lowest BCUT2D eigenvalue weighted by molar-refractivity contribution is -0.132. The minimum atomic E-state index is -0.816. The average Bonchev–Trinajstić information content (AvgIpc) is 3.38. The summed E-state index contributed by atoms with van der Waals surface area (Å²) in [5, 5.41) is 11.7. The van der Waals surface area contributed by atoms with E-state index in [0.717, 1.165) is 26.9 Å². The molecule has 1 aliphatic rings. The maximum Gasteiger partial charge on any atom is 0.301 e. The first-order chi connectivity index (χ1) is 16.8. The lowest BCUT2D eigenvalue weighted by atomic mass is 9.95. The maximum absolute atomic E-state index is 13.4. The molecule has 0 radical (unpaired) electrons. The van der Waals surface area contributed by atoms with Crippen LogP contribution in [0.4, 0.5) is 5.13 Å². The molecule has 1 unspecified atom stereocenters. The molecule has 1 fully saturated rings. The van der Waals surface area contributed by atoms with Crippen LogP contribution in [0.3, 0.4) is 0 Å². The largest absolute Gasteiger partial charge is 0.507 e. The van der Waals surface area contributed by atoms with Crippen LogP contribution < -0.4 is 9.64 Å². The molecule has 35 heavy (non-hydrogen) atoms. The van der Waals surface area contributed by atoms with Gasteiger partial charge in [0.2, 0.25) is 0 Å². The first kappa shape index (κ1) is 22.8. The minimum absolute atomic E-state index is 0.0271. The van der Waals surface area contributed by atoms with Crippen molar-refractivity contribution in [3.8, 4) is 5.75 Å². The Kier molecular flexibility index (Phi) is 5.65. The van der Waals surface area contributed by atoms with E-state index in [1.54, 1.807) is 24.3 Å². The smallest absolute Gasteiger partial charge is 0.301 e. The fourth-order valence-electron chi connectivity index (χ4n) is 4.48. The number of amides is 1. The van der Waals surface area contributed by atoms with Crippen LogP contribution in [-0.2, 0) is 9.59 Å². The summed E-state index contributed by atoms with van der Waals surface area (Å²) < 4.78 is 6.22. The maximum atomic E-state index is 13.4. The molecule has 1 aliphatic heterocycles. The van der Waals surface area contributed by atoms with E-state index in [1.165, 1.54) is 23.3 Å². The Balaban J connectivity index is 1.74. The Morgan fingerprint density at radius 2 is 1.74 bits per heavy atom. The lowest BCUT2D eigenvalue weighted by Crippen LogP contribution is -2.29. The number of carbonyl (C=O) groups is 2. The van der Waals surface area contributed by atoms with E-state index in [1.807, 2.05) is 57.2 Å². The second kappa shape index (κ2) is 8.67. The third-order valence-electron chi connectivity index (χ3n) is 6.21. The highest BCUT2D eigenvalue weighted by Gasteiger charge is 2.48. The van der Waals surface area contributed by atoms with E-state index in [4.69, 9.17) is 9.72 Å². The zero-order valence-corrected chi connectivity index (χ0v) is 20.6. The molecular weight excluding hydrogens is 460 g/mol. The molecule has 0 spiro atoms. The lowest BCUT2D eigenvalue weighted by Gasteiger charge is -2.23. The zero-order chi connectivity index (χ0) is 24.9. The van der Waals surface area contributed by atoms with Crippen LogP contribution in [0.5, 0.6) is 5.75 Å². The molecule has 4 aromatic rings. The van der Waals surface area contributed by atoms with E-state index in [9.17, 15) is 14.7 Å². The minimum Gasteiger partial charge on any atom is -0.507 e. The third kappa shape index (κ3) is 3.88. The Labute approximate surface area is 207 Å². The molecular formula is C28H24N2O4S. The van der Waals surface area contributed by atoms with Crippen molar-refractivity contribution in [2.75, 3.05) is 12.0 Å². The number of ketones is 1.